The lowest BCUT2D eigenvalue weighted by molar-refractivity contribution is 0.0932. The van der Waals surface area contributed by atoms with Gasteiger partial charge in [0.2, 0.25) is 0 Å². The molecule has 0 saturated heterocycles. The van der Waals surface area contributed by atoms with E-state index in [1.807, 2.05) is 37.3 Å². The molecule has 5 heteroatoms. The number of pyridine rings is 1. The fourth-order valence-electron chi connectivity index (χ4n) is 2.02. The average molecular weight is 316 g/mol. The topological polar surface area (TPSA) is 62.2 Å². The Labute approximate surface area is 135 Å². The molecule has 0 radical (unpaired) electrons. The number of hydrogen-bond donors (Lipinski definition) is 2. The fourth-order valence-corrected chi connectivity index (χ4v) is 2.92. The highest BCUT2D eigenvalue weighted by atomic mass is 32.2. The van der Waals surface area contributed by atoms with E-state index < -0.39 is 0 Å². The van der Waals surface area contributed by atoms with E-state index in [1.54, 1.807) is 18.3 Å². The molecule has 2 rings (SSSR count). The Morgan fingerprint density at radius 2 is 2.05 bits per heavy atom. The van der Waals surface area contributed by atoms with Crippen molar-refractivity contribution in [2.24, 2.45) is 0 Å². The number of rotatable bonds is 7. The Bertz CT molecular complexity index is 605. The number of nitrogens with one attached hydrogen (secondary N) is 1. The summed E-state index contributed by atoms with van der Waals surface area (Å²) in [6.45, 7) is 2.08. The molecule has 1 atom stereocenters. The van der Waals surface area contributed by atoms with Crippen LogP contribution in [0.3, 0.4) is 0 Å². The van der Waals surface area contributed by atoms with Crippen LogP contribution in [0.1, 0.15) is 30.1 Å². The molecule has 0 bridgehead atoms. The first kappa shape index (κ1) is 16.5. The Kier molecular flexibility index (Phi) is 6.43. The summed E-state index contributed by atoms with van der Waals surface area (Å²) in [5.74, 6) is -0.128. The van der Waals surface area contributed by atoms with Gasteiger partial charge in [-0.1, -0.05) is 30.0 Å². The minimum absolute atomic E-state index is 0.0226. The highest BCUT2D eigenvalue weighted by molar-refractivity contribution is 7.99. The first-order valence-electron chi connectivity index (χ1n) is 7.30. The second kappa shape index (κ2) is 8.56. The summed E-state index contributed by atoms with van der Waals surface area (Å²) in [5, 5.41) is 12.5. The predicted octanol–water partition coefficient (Wildman–Crippen LogP) is 3.12. The second-order valence-electron chi connectivity index (χ2n) is 5.01. The molecular formula is C17H20N2O2S. The molecule has 1 heterocycles. The van der Waals surface area contributed by atoms with E-state index in [-0.39, 0.29) is 18.6 Å². The fraction of sp³-hybridized carbons (Fsp3) is 0.294. The third-order valence-electron chi connectivity index (χ3n) is 3.15. The van der Waals surface area contributed by atoms with Gasteiger partial charge < -0.3 is 10.4 Å². The molecule has 0 saturated carbocycles. The average Bonchev–Trinajstić information content (AvgIpc) is 2.54. The summed E-state index contributed by atoms with van der Waals surface area (Å²) in [6, 6.07) is 13.4. The number of aliphatic hydroxyl groups excluding tert-OH is 1. The van der Waals surface area contributed by atoms with Crippen LogP contribution < -0.4 is 5.32 Å². The van der Waals surface area contributed by atoms with Crippen LogP contribution in [-0.2, 0) is 0 Å². The Morgan fingerprint density at radius 3 is 2.77 bits per heavy atom. The highest BCUT2D eigenvalue weighted by Gasteiger charge is 2.15. The van der Waals surface area contributed by atoms with Crippen molar-refractivity contribution in [3.8, 4) is 0 Å². The van der Waals surface area contributed by atoms with Gasteiger partial charge in [0.25, 0.3) is 5.91 Å². The van der Waals surface area contributed by atoms with Crippen molar-refractivity contribution < 1.29 is 9.90 Å². The summed E-state index contributed by atoms with van der Waals surface area (Å²) in [6.07, 6.45) is 3.13. The van der Waals surface area contributed by atoms with Crippen molar-refractivity contribution >= 4 is 17.7 Å². The normalized spacial score (nSPS) is 11.9. The van der Waals surface area contributed by atoms with Crippen LogP contribution in [0.2, 0.25) is 0 Å². The summed E-state index contributed by atoms with van der Waals surface area (Å²) >= 11 is 1.48. The van der Waals surface area contributed by atoms with Gasteiger partial charge in [0, 0.05) is 23.7 Å². The summed E-state index contributed by atoms with van der Waals surface area (Å²) < 4.78 is 0. The van der Waals surface area contributed by atoms with Crippen LogP contribution >= 0.6 is 11.8 Å². The molecule has 2 N–H and O–H groups in total. The molecule has 2 aromatic rings. The number of carbonyl (C=O) groups is 1. The Balaban J connectivity index is 2.09. The SMILES string of the molecule is CC(CCCO)NC(=O)c1cccnc1Sc1ccccc1. The molecule has 1 aromatic carbocycles. The maximum atomic E-state index is 12.4. The largest absolute Gasteiger partial charge is 0.396 e. The third-order valence-corrected chi connectivity index (χ3v) is 4.17. The van der Waals surface area contributed by atoms with E-state index in [1.165, 1.54) is 11.8 Å². The van der Waals surface area contributed by atoms with Crippen LogP contribution in [-0.4, -0.2) is 28.6 Å². The number of benzene rings is 1. The molecule has 116 valence electrons. The molecule has 22 heavy (non-hydrogen) atoms. The highest BCUT2D eigenvalue weighted by Crippen LogP contribution is 2.28. The van der Waals surface area contributed by atoms with Crippen molar-refractivity contribution in [2.75, 3.05) is 6.61 Å². The molecule has 0 aliphatic heterocycles. The van der Waals surface area contributed by atoms with E-state index in [0.717, 1.165) is 11.3 Å². The smallest absolute Gasteiger partial charge is 0.254 e. The van der Waals surface area contributed by atoms with Crippen molar-refractivity contribution in [3.05, 3.63) is 54.2 Å². The van der Waals surface area contributed by atoms with Crippen LogP contribution in [0.15, 0.2) is 58.6 Å². The molecule has 1 unspecified atom stereocenters. The second-order valence-corrected chi connectivity index (χ2v) is 6.07. The van der Waals surface area contributed by atoms with Gasteiger partial charge in [0.15, 0.2) is 0 Å². The molecule has 0 fully saturated rings. The molecule has 1 aromatic heterocycles. The van der Waals surface area contributed by atoms with Gasteiger partial charge in [0.05, 0.1) is 5.56 Å². The molecule has 0 spiro atoms. The maximum absolute atomic E-state index is 12.4. The minimum atomic E-state index is -0.128. The van der Waals surface area contributed by atoms with E-state index in [2.05, 4.69) is 10.3 Å². The van der Waals surface area contributed by atoms with Gasteiger partial charge in [-0.15, -0.1) is 0 Å². The lowest BCUT2D eigenvalue weighted by Gasteiger charge is -2.14. The lowest BCUT2D eigenvalue weighted by Crippen LogP contribution is -2.33. The number of hydrogen-bond acceptors (Lipinski definition) is 4. The summed E-state index contributed by atoms with van der Waals surface area (Å²) in [7, 11) is 0. The number of aromatic nitrogens is 1. The number of amides is 1. The van der Waals surface area contributed by atoms with Crippen LogP contribution in [0.5, 0.6) is 0 Å². The van der Waals surface area contributed by atoms with Crippen LogP contribution in [0.25, 0.3) is 0 Å². The van der Waals surface area contributed by atoms with Gasteiger partial charge in [-0.3, -0.25) is 4.79 Å². The van der Waals surface area contributed by atoms with E-state index >= 15 is 0 Å². The first-order chi connectivity index (χ1) is 10.7. The molecule has 0 aliphatic carbocycles. The third kappa shape index (κ3) is 4.86. The lowest BCUT2D eigenvalue weighted by atomic mass is 10.1. The van der Waals surface area contributed by atoms with Gasteiger partial charge in [-0.25, -0.2) is 4.98 Å². The van der Waals surface area contributed by atoms with E-state index in [0.29, 0.717) is 17.0 Å². The van der Waals surface area contributed by atoms with Crippen molar-refractivity contribution in [1.82, 2.24) is 10.3 Å². The molecule has 0 aliphatic rings. The number of carbonyl (C=O) groups excluding carboxylic acids is 1. The maximum Gasteiger partial charge on any atom is 0.254 e. The van der Waals surface area contributed by atoms with Gasteiger partial charge in [-0.2, -0.15) is 0 Å². The Morgan fingerprint density at radius 1 is 1.27 bits per heavy atom. The molecular weight excluding hydrogens is 296 g/mol. The monoisotopic (exact) mass is 316 g/mol. The predicted molar refractivity (Wildman–Crippen MR) is 88.1 cm³/mol. The zero-order chi connectivity index (χ0) is 15.8. The number of aliphatic hydroxyl groups is 1. The zero-order valence-corrected chi connectivity index (χ0v) is 13.3. The van der Waals surface area contributed by atoms with Gasteiger partial charge in [-0.05, 0) is 44.0 Å². The number of nitrogens with zero attached hydrogens (tertiary/aromatic N) is 1. The zero-order valence-electron chi connectivity index (χ0n) is 12.5. The molecule has 1 amide bonds. The van der Waals surface area contributed by atoms with Crippen molar-refractivity contribution in [1.29, 1.82) is 0 Å². The van der Waals surface area contributed by atoms with Crippen molar-refractivity contribution in [2.45, 2.75) is 35.7 Å². The van der Waals surface area contributed by atoms with E-state index in [4.69, 9.17) is 5.11 Å². The first-order valence-corrected chi connectivity index (χ1v) is 8.12. The quantitative estimate of drug-likeness (QED) is 0.824. The Hall–Kier alpha value is -1.85. The molecule has 4 nitrogen and oxygen atoms in total. The van der Waals surface area contributed by atoms with Gasteiger partial charge in [0.1, 0.15) is 5.03 Å². The van der Waals surface area contributed by atoms with Crippen LogP contribution in [0, 0.1) is 0 Å². The summed E-state index contributed by atoms with van der Waals surface area (Å²) in [4.78, 5) is 17.8. The van der Waals surface area contributed by atoms with Gasteiger partial charge >= 0.3 is 0 Å². The summed E-state index contributed by atoms with van der Waals surface area (Å²) in [5.41, 5.74) is 0.576. The standard InChI is InChI=1S/C17H20N2O2S/c1-13(7-6-12-20)19-16(21)15-10-5-11-18-17(15)22-14-8-3-2-4-9-14/h2-5,8-11,13,20H,6-7,12H2,1H3,(H,19,21). The van der Waals surface area contributed by atoms with E-state index in [9.17, 15) is 4.79 Å². The minimum Gasteiger partial charge on any atom is -0.396 e. The van der Waals surface area contributed by atoms with Crippen molar-refractivity contribution in [3.63, 3.8) is 0 Å². The van der Waals surface area contributed by atoms with Crippen LogP contribution in [0.4, 0.5) is 0 Å².